The Morgan fingerprint density at radius 3 is 2.58 bits per heavy atom. The SMILES string of the molecule is CC1CCC(C(=N)c2ccccc2)=C(NC(C)C)C1. The number of hydrogen-bond acceptors (Lipinski definition) is 2. The molecule has 2 N–H and O–H groups in total. The van der Waals surface area contributed by atoms with E-state index in [-0.39, 0.29) is 0 Å². The van der Waals surface area contributed by atoms with Crippen molar-refractivity contribution in [2.75, 3.05) is 0 Å². The van der Waals surface area contributed by atoms with Crippen molar-refractivity contribution < 1.29 is 0 Å². The maximum absolute atomic E-state index is 8.47. The summed E-state index contributed by atoms with van der Waals surface area (Å²) in [6, 6.07) is 10.5. The zero-order valence-corrected chi connectivity index (χ0v) is 12.2. The van der Waals surface area contributed by atoms with Crippen molar-refractivity contribution in [3.63, 3.8) is 0 Å². The third-order valence-electron chi connectivity index (χ3n) is 3.63. The molecule has 1 aromatic rings. The van der Waals surface area contributed by atoms with E-state index in [1.54, 1.807) is 0 Å². The molecule has 0 fully saturated rings. The molecule has 0 aliphatic heterocycles. The first kappa shape index (κ1) is 13.9. The van der Waals surface area contributed by atoms with Crippen molar-refractivity contribution in [2.45, 2.75) is 46.1 Å². The molecule has 1 unspecified atom stereocenters. The first-order valence-electron chi connectivity index (χ1n) is 7.21. The third-order valence-corrected chi connectivity index (χ3v) is 3.63. The van der Waals surface area contributed by atoms with Gasteiger partial charge in [0.05, 0.1) is 5.71 Å². The summed E-state index contributed by atoms with van der Waals surface area (Å²) in [4.78, 5) is 0. The maximum Gasteiger partial charge on any atom is 0.0661 e. The van der Waals surface area contributed by atoms with Crippen LogP contribution in [0, 0.1) is 11.3 Å². The van der Waals surface area contributed by atoms with Crippen LogP contribution < -0.4 is 5.32 Å². The normalized spacial score (nSPS) is 19.7. The largest absolute Gasteiger partial charge is 0.386 e. The fourth-order valence-corrected chi connectivity index (χ4v) is 2.66. The monoisotopic (exact) mass is 256 g/mol. The van der Waals surface area contributed by atoms with Gasteiger partial charge in [-0.3, -0.25) is 5.41 Å². The Labute approximate surface area is 116 Å². The number of nitrogens with one attached hydrogen (secondary N) is 2. The highest BCUT2D eigenvalue weighted by molar-refractivity contribution is 6.11. The summed E-state index contributed by atoms with van der Waals surface area (Å²) in [5.41, 5.74) is 4.20. The van der Waals surface area contributed by atoms with E-state index in [0.717, 1.165) is 18.4 Å². The number of rotatable bonds is 4. The van der Waals surface area contributed by atoms with Crippen molar-refractivity contribution in [1.82, 2.24) is 5.32 Å². The first-order chi connectivity index (χ1) is 9.08. The summed E-state index contributed by atoms with van der Waals surface area (Å²) >= 11 is 0. The van der Waals surface area contributed by atoms with Gasteiger partial charge in [0.25, 0.3) is 0 Å². The first-order valence-corrected chi connectivity index (χ1v) is 7.21. The molecule has 2 nitrogen and oxygen atoms in total. The lowest BCUT2D eigenvalue weighted by Crippen LogP contribution is -2.28. The predicted molar refractivity (Wildman–Crippen MR) is 81.6 cm³/mol. The summed E-state index contributed by atoms with van der Waals surface area (Å²) in [6.07, 6.45) is 3.28. The van der Waals surface area contributed by atoms with Crippen LogP contribution in [0.5, 0.6) is 0 Å². The van der Waals surface area contributed by atoms with Crippen LogP contribution in [0.15, 0.2) is 41.6 Å². The van der Waals surface area contributed by atoms with Gasteiger partial charge in [-0.1, -0.05) is 37.3 Å². The Morgan fingerprint density at radius 1 is 1.26 bits per heavy atom. The Morgan fingerprint density at radius 2 is 1.95 bits per heavy atom. The molecule has 1 aliphatic carbocycles. The molecular formula is C17H24N2. The molecule has 0 saturated heterocycles. The summed E-state index contributed by atoms with van der Waals surface area (Å²) < 4.78 is 0. The molecule has 1 atom stereocenters. The van der Waals surface area contributed by atoms with Gasteiger partial charge in [-0.05, 0) is 50.2 Å². The molecule has 0 amide bonds. The van der Waals surface area contributed by atoms with E-state index in [4.69, 9.17) is 5.41 Å². The van der Waals surface area contributed by atoms with Crippen LogP contribution in [0.2, 0.25) is 0 Å². The Hall–Kier alpha value is -1.57. The third kappa shape index (κ3) is 3.46. The quantitative estimate of drug-likeness (QED) is 0.781. The molecule has 0 bridgehead atoms. The molecule has 0 heterocycles. The van der Waals surface area contributed by atoms with E-state index in [1.165, 1.54) is 17.7 Å². The molecule has 0 saturated carbocycles. The molecule has 0 aromatic heterocycles. The maximum atomic E-state index is 8.47. The van der Waals surface area contributed by atoms with Gasteiger partial charge in [-0.2, -0.15) is 0 Å². The molecule has 2 heteroatoms. The van der Waals surface area contributed by atoms with Crippen LogP contribution in [-0.2, 0) is 0 Å². The van der Waals surface area contributed by atoms with E-state index < -0.39 is 0 Å². The summed E-state index contributed by atoms with van der Waals surface area (Å²) in [5, 5.41) is 12.0. The molecule has 1 aromatic carbocycles. The zero-order valence-electron chi connectivity index (χ0n) is 12.2. The van der Waals surface area contributed by atoms with Gasteiger partial charge >= 0.3 is 0 Å². The fraction of sp³-hybridized carbons (Fsp3) is 0.471. The minimum atomic E-state index is 0.430. The Balaban J connectivity index is 2.30. The highest BCUT2D eigenvalue weighted by atomic mass is 14.9. The van der Waals surface area contributed by atoms with Gasteiger partial charge < -0.3 is 5.32 Å². The lowest BCUT2D eigenvalue weighted by Gasteiger charge is -2.28. The molecule has 102 valence electrons. The number of hydrogen-bond donors (Lipinski definition) is 2. The van der Waals surface area contributed by atoms with Crippen LogP contribution in [0.3, 0.4) is 0 Å². The second-order valence-corrected chi connectivity index (χ2v) is 5.85. The van der Waals surface area contributed by atoms with Gasteiger partial charge in [-0.25, -0.2) is 0 Å². The van der Waals surface area contributed by atoms with E-state index in [2.05, 4.69) is 26.1 Å². The topological polar surface area (TPSA) is 35.9 Å². The second kappa shape index (κ2) is 6.05. The van der Waals surface area contributed by atoms with E-state index >= 15 is 0 Å². The van der Waals surface area contributed by atoms with Crippen molar-refractivity contribution in [3.8, 4) is 0 Å². The molecule has 1 aliphatic rings. The van der Waals surface area contributed by atoms with E-state index in [9.17, 15) is 0 Å². The van der Waals surface area contributed by atoms with Gasteiger partial charge in [0.1, 0.15) is 0 Å². The highest BCUT2D eigenvalue weighted by Crippen LogP contribution is 2.30. The van der Waals surface area contributed by atoms with Crippen LogP contribution in [0.4, 0.5) is 0 Å². The zero-order chi connectivity index (χ0) is 13.8. The summed E-state index contributed by atoms with van der Waals surface area (Å²) in [6.45, 7) is 6.62. The predicted octanol–water partition coefficient (Wildman–Crippen LogP) is 4.13. The second-order valence-electron chi connectivity index (χ2n) is 5.85. The average molecular weight is 256 g/mol. The van der Waals surface area contributed by atoms with E-state index in [1.807, 2.05) is 30.3 Å². The molecule has 19 heavy (non-hydrogen) atoms. The summed E-state index contributed by atoms with van der Waals surface area (Å²) in [7, 11) is 0. The van der Waals surface area contributed by atoms with Crippen molar-refractivity contribution in [3.05, 3.63) is 47.2 Å². The lowest BCUT2D eigenvalue weighted by molar-refractivity contribution is 0.469. The lowest BCUT2D eigenvalue weighted by atomic mass is 9.84. The van der Waals surface area contributed by atoms with Crippen LogP contribution >= 0.6 is 0 Å². The van der Waals surface area contributed by atoms with Crippen molar-refractivity contribution >= 4 is 5.71 Å². The van der Waals surface area contributed by atoms with Crippen molar-refractivity contribution in [2.24, 2.45) is 5.92 Å². The molecule has 0 radical (unpaired) electrons. The fourth-order valence-electron chi connectivity index (χ4n) is 2.66. The molecule has 0 spiro atoms. The molecular weight excluding hydrogens is 232 g/mol. The number of benzene rings is 1. The standard InChI is InChI=1S/C17H24N2/c1-12(2)19-16-11-13(3)9-10-15(16)17(18)14-7-5-4-6-8-14/h4-8,12-13,18-19H,9-11H2,1-3H3. The Kier molecular flexibility index (Phi) is 4.41. The van der Waals surface area contributed by atoms with Crippen LogP contribution in [0.25, 0.3) is 0 Å². The molecule has 2 rings (SSSR count). The van der Waals surface area contributed by atoms with Crippen LogP contribution in [-0.4, -0.2) is 11.8 Å². The van der Waals surface area contributed by atoms with E-state index in [0.29, 0.717) is 17.7 Å². The number of allylic oxidation sites excluding steroid dienone is 2. The van der Waals surface area contributed by atoms with Gasteiger partial charge in [0, 0.05) is 11.7 Å². The van der Waals surface area contributed by atoms with Gasteiger partial charge in [0.2, 0.25) is 0 Å². The van der Waals surface area contributed by atoms with Gasteiger partial charge in [0.15, 0.2) is 0 Å². The smallest absolute Gasteiger partial charge is 0.0661 e. The minimum absolute atomic E-state index is 0.430. The average Bonchev–Trinajstić information content (AvgIpc) is 2.38. The van der Waals surface area contributed by atoms with Crippen molar-refractivity contribution in [1.29, 1.82) is 5.41 Å². The highest BCUT2D eigenvalue weighted by Gasteiger charge is 2.21. The van der Waals surface area contributed by atoms with Gasteiger partial charge in [-0.15, -0.1) is 0 Å². The van der Waals surface area contributed by atoms with Crippen LogP contribution in [0.1, 0.15) is 45.6 Å². The minimum Gasteiger partial charge on any atom is -0.386 e. The Bertz CT molecular complexity index is 471. The summed E-state index contributed by atoms with van der Waals surface area (Å²) in [5.74, 6) is 0.716.